The topological polar surface area (TPSA) is 0 Å². The average molecular weight is 559 g/mol. The predicted octanol–water partition coefficient (Wildman–Crippen LogP) is 12.2. The lowest BCUT2D eigenvalue weighted by Gasteiger charge is -2.05. The van der Waals surface area contributed by atoms with Gasteiger partial charge in [0.1, 0.15) is 0 Å². The smallest absolute Gasteiger partial charge is 0.0356 e. The number of hydrogen-bond acceptors (Lipinski definition) is 4. The summed E-state index contributed by atoms with van der Waals surface area (Å²) in [6.07, 6.45) is 0. The van der Waals surface area contributed by atoms with E-state index in [1.54, 1.807) is 0 Å². The van der Waals surface area contributed by atoms with E-state index in [0.29, 0.717) is 0 Å². The highest BCUT2D eigenvalue weighted by Crippen LogP contribution is 2.42. The zero-order chi connectivity index (χ0) is 25.4. The molecule has 38 heavy (non-hydrogen) atoms. The van der Waals surface area contributed by atoms with Gasteiger partial charge in [-0.05, 0) is 84.6 Å². The van der Waals surface area contributed by atoms with Crippen molar-refractivity contribution < 1.29 is 0 Å². The van der Waals surface area contributed by atoms with Crippen LogP contribution < -0.4 is 0 Å². The first-order valence-corrected chi connectivity index (χ1v) is 15.9. The van der Waals surface area contributed by atoms with Gasteiger partial charge in [0.25, 0.3) is 0 Å². The molecule has 0 amide bonds. The normalized spacial score (nSPS) is 11.9. The number of thiophene rings is 4. The lowest BCUT2D eigenvalue weighted by atomic mass is 10.0. The second-order valence-electron chi connectivity index (χ2n) is 9.87. The molecule has 0 radical (unpaired) electrons. The maximum Gasteiger partial charge on any atom is 0.0356 e. The fraction of sp³-hybridized carbons (Fsp3) is 0.0588. The van der Waals surface area contributed by atoms with Crippen molar-refractivity contribution in [3.05, 3.63) is 107 Å². The molecule has 0 N–H and O–H groups in total. The number of benzene rings is 4. The summed E-state index contributed by atoms with van der Waals surface area (Å²) in [6.45, 7) is 4.39. The number of aryl methyl sites for hydroxylation is 2. The monoisotopic (exact) mass is 558 g/mol. The molecule has 0 bridgehead atoms. The van der Waals surface area contributed by atoms with E-state index in [2.05, 4.69) is 111 Å². The summed E-state index contributed by atoms with van der Waals surface area (Å²) >= 11 is 7.53. The van der Waals surface area contributed by atoms with Gasteiger partial charge in [-0.3, -0.25) is 0 Å². The third-order valence-electron chi connectivity index (χ3n) is 7.31. The van der Waals surface area contributed by atoms with E-state index in [4.69, 9.17) is 0 Å². The van der Waals surface area contributed by atoms with Crippen LogP contribution >= 0.6 is 45.3 Å². The highest BCUT2D eigenvalue weighted by Gasteiger charge is 2.11. The molecule has 182 valence electrons. The van der Waals surface area contributed by atoms with Crippen molar-refractivity contribution in [2.45, 2.75) is 13.8 Å². The minimum Gasteiger partial charge on any atom is -0.141 e. The van der Waals surface area contributed by atoms with Crippen molar-refractivity contribution in [2.75, 3.05) is 0 Å². The van der Waals surface area contributed by atoms with E-state index in [1.165, 1.54) is 82.1 Å². The van der Waals surface area contributed by atoms with Gasteiger partial charge in [0.15, 0.2) is 0 Å². The van der Waals surface area contributed by atoms with Crippen molar-refractivity contribution >= 4 is 85.7 Å². The molecule has 4 heteroatoms. The van der Waals surface area contributed by atoms with E-state index in [-0.39, 0.29) is 0 Å². The Balaban J connectivity index is 1.10. The first-order valence-electron chi connectivity index (χ1n) is 12.7. The summed E-state index contributed by atoms with van der Waals surface area (Å²) in [4.78, 5) is 5.41. The molecule has 0 aliphatic carbocycles. The fourth-order valence-corrected chi connectivity index (χ4v) is 9.50. The Labute approximate surface area is 237 Å². The molecule has 4 heterocycles. The molecule has 0 atom stereocenters. The molecule has 0 aliphatic heterocycles. The minimum absolute atomic E-state index is 1.25. The molecule has 0 fully saturated rings. The standard InChI is InChI=1S/C34H22S4/c1-19-15-25-27-17-33(37-31(27)13-11-29(25)35-19)23-7-3-21(4-8-23)22-5-9-24(10-6-22)34-18-28-26-16-20(2)36-30(26)12-14-32(28)38-34/h3-18H,1-2H3. The van der Waals surface area contributed by atoms with Crippen LogP contribution in [0.4, 0.5) is 0 Å². The third-order valence-corrected chi connectivity index (χ3v) is 11.6. The molecule has 0 aliphatic rings. The molecule has 4 aromatic carbocycles. The van der Waals surface area contributed by atoms with Gasteiger partial charge in [-0.15, -0.1) is 45.3 Å². The molecule has 0 saturated heterocycles. The van der Waals surface area contributed by atoms with E-state index in [1.807, 2.05) is 45.3 Å². The van der Waals surface area contributed by atoms with Gasteiger partial charge < -0.3 is 0 Å². The van der Waals surface area contributed by atoms with Crippen LogP contribution in [0.1, 0.15) is 9.75 Å². The van der Waals surface area contributed by atoms with Crippen LogP contribution in [0.5, 0.6) is 0 Å². The van der Waals surface area contributed by atoms with Gasteiger partial charge in [-0.1, -0.05) is 48.5 Å². The first-order chi connectivity index (χ1) is 18.6. The second-order valence-corrected chi connectivity index (χ2v) is 14.6. The summed E-state index contributed by atoms with van der Waals surface area (Å²) in [6, 6.07) is 36.6. The summed E-state index contributed by atoms with van der Waals surface area (Å²) in [5.41, 5.74) is 5.08. The fourth-order valence-electron chi connectivity index (χ4n) is 5.45. The lowest BCUT2D eigenvalue weighted by molar-refractivity contribution is 1.62. The van der Waals surface area contributed by atoms with Crippen molar-refractivity contribution in [1.82, 2.24) is 0 Å². The van der Waals surface area contributed by atoms with Gasteiger partial charge in [0.05, 0.1) is 0 Å². The Bertz CT molecular complexity index is 1970. The Kier molecular flexibility index (Phi) is 5.14. The van der Waals surface area contributed by atoms with Crippen molar-refractivity contribution in [3.63, 3.8) is 0 Å². The molecule has 0 saturated carbocycles. The third kappa shape index (κ3) is 3.67. The van der Waals surface area contributed by atoms with Crippen LogP contribution in [0.15, 0.2) is 97.1 Å². The maximum atomic E-state index is 2.37. The first kappa shape index (κ1) is 22.7. The summed E-state index contributed by atoms with van der Waals surface area (Å²) in [5.74, 6) is 0. The van der Waals surface area contributed by atoms with E-state index in [9.17, 15) is 0 Å². The number of hydrogen-bond donors (Lipinski definition) is 0. The second kappa shape index (κ2) is 8.62. The molecule has 8 rings (SSSR count). The quantitative estimate of drug-likeness (QED) is 0.202. The highest BCUT2D eigenvalue weighted by molar-refractivity contribution is 7.23. The van der Waals surface area contributed by atoms with Gasteiger partial charge in [-0.25, -0.2) is 0 Å². The minimum atomic E-state index is 1.25. The van der Waals surface area contributed by atoms with Crippen molar-refractivity contribution in [2.24, 2.45) is 0 Å². The SMILES string of the molecule is Cc1cc2c(ccc3sc(-c4ccc(-c5ccc(-c6cc7c(ccc8sc(C)cc87)s6)cc5)cc4)cc32)s1. The lowest BCUT2D eigenvalue weighted by Crippen LogP contribution is -1.79. The van der Waals surface area contributed by atoms with Crippen LogP contribution in [-0.2, 0) is 0 Å². The Morgan fingerprint density at radius 2 is 0.658 bits per heavy atom. The van der Waals surface area contributed by atoms with Crippen LogP contribution in [0.2, 0.25) is 0 Å². The van der Waals surface area contributed by atoms with Gasteiger partial charge in [0.2, 0.25) is 0 Å². The highest BCUT2D eigenvalue weighted by atomic mass is 32.1. The largest absolute Gasteiger partial charge is 0.141 e. The van der Waals surface area contributed by atoms with Crippen LogP contribution in [0.25, 0.3) is 72.4 Å². The summed E-state index contributed by atoms with van der Waals surface area (Å²) < 4.78 is 5.48. The predicted molar refractivity (Wildman–Crippen MR) is 174 cm³/mol. The molecular formula is C34H22S4. The zero-order valence-electron chi connectivity index (χ0n) is 20.9. The van der Waals surface area contributed by atoms with Crippen LogP contribution in [0, 0.1) is 13.8 Å². The Morgan fingerprint density at radius 3 is 1.05 bits per heavy atom. The van der Waals surface area contributed by atoms with Crippen molar-refractivity contribution in [1.29, 1.82) is 0 Å². The molecule has 8 aromatic rings. The van der Waals surface area contributed by atoms with E-state index in [0.717, 1.165) is 0 Å². The molecule has 0 nitrogen and oxygen atoms in total. The molecule has 4 aromatic heterocycles. The number of rotatable bonds is 3. The number of fused-ring (bicyclic) bond motifs is 6. The summed E-state index contributed by atoms with van der Waals surface area (Å²) in [7, 11) is 0. The average Bonchev–Trinajstić information content (AvgIpc) is 3.71. The molecule has 0 spiro atoms. The van der Waals surface area contributed by atoms with Crippen LogP contribution in [0.3, 0.4) is 0 Å². The summed E-state index contributed by atoms with van der Waals surface area (Å²) in [5, 5.41) is 5.53. The molecule has 0 unspecified atom stereocenters. The molecular weight excluding hydrogens is 537 g/mol. The van der Waals surface area contributed by atoms with E-state index >= 15 is 0 Å². The maximum absolute atomic E-state index is 2.37. The van der Waals surface area contributed by atoms with E-state index < -0.39 is 0 Å². The van der Waals surface area contributed by atoms with Crippen molar-refractivity contribution in [3.8, 4) is 32.0 Å². The Hall–Kier alpha value is -3.28. The van der Waals surface area contributed by atoms with Gasteiger partial charge in [0, 0.05) is 59.9 Å². The van der Waals surface area contributed by atoms with Crippen LogP contribution in [-0.4, -0.2) is 0 Å². The zero-order valence-corrected chi connectivity index (χ0v) is 24.1. The van der Waals surface area contributed by atoms with Gasteiger partial charge in [-0.2, -0.15) is 0 Å². The Morgan fingerprint density at radius 1 is 0.342 bits per heavy atom. The van der Waals surface area contributed by atoms with Gasteiger partial charge >= 0.3 is 0 Å².